The van der Waals surface area contributed by atoms with Gasteiger partial charge in [0.05, 0.1) is 11.4 Å². The van der Waals surface area contributed by atoms with Crippen molar-refractivity contribution < 1.29 is 0 Å². The molecule has 0 aromatic carbocycles. The normalized spacial score (nSPS) is 15.9. The Morgan fingerprint density at radius 1 is 1.19 bits per heavy atom. The first-order chi connectivity index (χ1) is 7.86. The third kappa shape index (κ3) is 1.41. The van der Waals surface area contributed by atoms with Crippen molar-refractivity contribution in [2.75, 3.05) is 18.0 Å². The van der Waals surface area contributed by atoms with Gasteiger partial charge >= 0.3 is 0 Å². The maximum atomic E-state index is 4.44. The lowest BCUT2D eigenvalue weighted by Crippen LogP contribution is -2.20. The Kier molecular flexibility index (Phi) is 2.20. The lowest BCUT2D eigenvalue weighted by atomic mass is 10.2. The molecule has 0 radical (unpaired) electrons. The lowest BCUT2D eigenvalue weighted by molar-refractivity contribution is 0.926. The van der Waals surface area contributed by atoms with E-state index in [4.69, 9.17) is 0 Å². The van der Waals surface area contributed by atoms with Gasteiger partial charge in [-0.25, -0.2) is 0 Å². The van der Waals surface area contributed by atoms with Crippen molar-refractivity contribution in [3.8, 4) is 0 Å². The summed E-state index contributed by atoms with van der Waals surface area (Å²) < 4.78 is 0. The smallest absolute Gasteiger partial charge is 0.116 e. The van der Waals surface area contributed by atoms with Crippen LogP contribution in [0.15, 0.2) is 18.3 Å². The Morgan fingerprint density at radius 3 is 2.81 bits per heavy atom. The molecule has 1 fully saturated rings. The molecule has 82 valence electrons. The molecule has 2 aromatic rings. The molecule has 0 spiro atoms. The van der Waals surface area contributed by atoms with Gasteiger partial charge < -0.3 is 4.90 Å². The summed E-state index contributed by atoms with van der Waals surface area (Å²) in [4.78, 5) is 6.82. The van der Waals surface area contributed by atoms with Gasteiger partial charge in [0.25, 0.3) is 0 Å². The third-order valence-electron chi connectivity index (χ3n) is 3.08. The molecule has 2 aromatic heterocycles. The molecule has 0 unspecified atom stereocenters. The summed E-state index contributed by atoms with van der Waals surface area (Å²) in [6.45, 7) is 4.23. The van der Waals surface area contributed by atoms with Gasteiger partial charge in [-0.1, -0.05) is 0 Å². The molecule has 0 amide bonds. The number of nitrogens with zero attached hydrogens (tertiary/aromatic N) is 4. The quantitative estimate of drug-likeness (QED) is 0.727. The van der Waals surface area contributed by atoms with Gasteiger partial charge in [0.1, 0.15) is 11.0 Å². The molecule has 16 heavy (non-hydrogen) atoms. The molecule has 1 saturated heterocycles. The molecule has 0 N–H and O–H groups in total. The van der Waals surface area contributed by atoms with Gasteiger partial charge in [0, 0.05) is 19.3 Å². The van der Waals surface area contributed by atoms with Gasteiger partial charge in [-0.3, -0.25) is 4.98 Å². The number of anilines is 1. The molecule has 4 nitrogen and oxygen atoms in total. The monoisotopic (exact) mass is 214 g/mol. The molecular formula is C12H14N4. The van der Waals surface area contributed by atoms with E-state index in [2.05, 4.69) is 20.1 Å². The maximum absolute atomic E-state index is 4.44. The van der Waals surface area contributed by atoms with Gasteiger partial charge in [-0.15, -0.1) is 5.10 Å². The molecule has 0 atom stereocenters. The summed E-state index contributed by atoms with van der Waals surface area (Å²) in [5, 5.41) is 8.39. The van der Waals surface area contributed by atoms with E-state index in [1.807, 2.05) is 25.3 Å². The number of hydrogen-bond donors (Lipinski definition) is 0. The van der Waals surface area contributed by atoms with Crippen LogP contribution >= 0.6 is 0 Å². The van der Waals surface area contributed by atoms with Crippen LogP contribution in [0, 0.1) is 6.92 Å². The highest BCUT2D eigenvalue weighted by molar-refractivity contribution is 5.88. The SMILES string of the molecule is Cc1nnc2cccnc2c1N1CCCC1. The van der Waals surface area contributed by atoms with Crippen molar-refractivity contribution in [1.82, 2.24) is 15.2 Å². The zero-order chi connectivity index (χ0) is 11.0. The van der Waals surface area contributed by atoms with E-state index in [-0.39, 0.29) is 0 Å². The van der Waals surface area contributed by atoms with Gasteiger partial charge in [0.2, 0.25) is 0 Å². The number of rotatable bonds is 1. The van der Waals surface area contributed by atoms with E-state index in [1.54, 1.807) is 0 Å². The number of aromatic nitrogens is 3. The second-order valence-corrected chi connectivity index (χ2v) is 4.20. The minimum absolute atomic E-state index is 0.884. The molecule has 0 aliphatic carbocycles. The standard InChI is InChI=1S/C12H14N4/c1-9-12(16-7-2-3-8-16)11-10(15-14-9)5-4-6-13-11/h4-6H,2-3,7-8H2,1H3. The highest BCUT2D eigenvalue weighted by Gasteiger charge is 2.18. The van der Waals surface area contributed by atoms with E-state index in [1.165, 1.54) is 18.5 Å². The molecule has 1 aliphatic rings. The van der Waals surface area contributed by atoms with Crippen LogP contribution in [-0.2, 0) is 0 Å². The summed E-state index contributed by atoms with van der Waals surface area (Å²) in [5.74, 6) is 0. The fraction of sp³-hybridized carbons (Fsp3) is 0.417. The highest BCUT2D eigenvalue weighted by Crippen LogP contribution is 2.28. The zero-order valence-electron chi connectivity index (χ0n) is 9.35. The average molecular weight is 214 g/mol. The Labute approximate surface area is 94.3 Å². The Hall–Kier alpha value is -1.71. The predicted molar refractivity (Wildman–Crippen MR) is 63.5 cm³/mol. The zero-order valence-corrected chi connectivity index (χ0v) is 9.35. The maximum Gasteiger partial charge on any atom is 0.116 e. The first-order valence-electron chi connectivity index (χ1n) is 5.69. The summed E-state index contributed by atoms with van der Waals surface area (Å²) in [5.41, 5.74) is 4.02. The minimum Gasteiger partial charge on any atom is -0.368 e. The molecule has 0 saturated carbocycles. The van der Waals surface area contributed by atoms with Crippen molar-refractivity contribution in [2.24, 2.45) is 0 Å². The molecule has 1 aliphatic heterocycles. The van der Waals surface area contributed by atoms with E-state index in [0.717, 1.165) is 29.8 Å². The Morgan fingerprint density at radius 2 is 2.00 bits per heavy atom. The summed E-state index contributed by atoms with van der Waals surface area (Å²) >= 11 is 0. The topological polar surface area (TPSA) is 41.9 Å². The largest absolute Gasteiger partial charge is 0.368 e. The van der Waals surface area contributed by atoms with Crippen LogP contribution in [0.5, 0.6) is 0 Å². The Bertz CT molecular complexity index is 517. The average Bonchev–Trinajstić information content (AvgIpc) is 2.82. The van der Waals surface area contributed by atoms with E-state index in [9.17, 15) is 0 Å². The second kappa shape index (κ2) is 3.70. The second-order valence-electron chi connectivity index (χ2n) is 4.20. The van der Waals surface area contributed by atoms with Crippen LogP contribution in [0.25, 0.3) is 11.0 Å². The van der Waals surface area contributed by atoms with Crippen LogP contribution in [0.2, 0.25) is 0 Å². The number of aryl methyl sites for hydroxylation is 1. The third-order valence-corrected chi connectivity index (χ3v) is 3.08. The van der Waals surface area contributed by atoms with Crippen LogP contribution in [0.4, 0.5) is 5.69 Å². The molecule has 4 heteroatoms. The van der Waals surface area contributed by atoms with E-state index >= 15 is 0 Å². The first-order valence-corrected chi connectivity index (χ1v) is 5.69. The van der Waals surface area contributed by atoms with Crippen molar-refractivity contribution in [2.45, 2.75) is 19.8 Å². The minimum atomic E-state index is 0.884. The number of pyridine rings is 1. The van der Waals surface area contributed by atoms with Crippen LogP contribution < -0.4 is 4.90 Å². The lowest BCUT2D eigenvalue weighted by Gasteiger charge is -2.20. The van der Waals surface area contributed by atoms with Gasteiger partial charge in [-0.05, 0) is 31.9 Å². The summed E-state index contributed by atoms with van der Waals surface area (Å²) in [6, 6.07) is 3.87. The van der Waals surface area contributed by atoms with Crippen molar-refractivity contribution in [3.05, 3.63) is 24.0 Å². The van der Waals surface area contributed by atoms with E-state index in [0.29, 0.717) is 0 Å². The van der Waals surface area contributed by atoms with Crippen LogP contribution in [0.1, 0.15) is 18.5 Å². The number of fused-ring (bicyclic) bond motifs is 1. The molecule has 3 heterocycles. The van der Waals surface area contributed by atoms with Crippen molar-refractivity contribution >= 4 is 16.7 Å². The predicted octanol–water partition coefficient (Wildman–Crippen LogP) is 1.93. The van der Waals surface area contributed by atoms with Gasteiger partial charge in [-0.2, -0.15) is 5.10 Å². The van der Waals surface area contributed by atoms with Gasteiger partial charge in [0.15, 0.2) is 0 Å². The molecular weight excluding hydrogens is 200 g/mol. The van der Waals surface area contributed by atoms with E-state index < -0.39 is 0 Å². The first kappa shape index (κ1) is 9.51. The Balaban J connectivity index is 2.23. The molecule has 0 bridgehead atoms. The highest BCUT2D eigenvalue weighted by atomic mass is 15.2. The number of hydrogen-bond acceptors (Lipinski definition) is 4. The fourth-order valence-electron chi connectivity index (χ4n) is 2.33. The fourth-order valence-corrected chi connectivity index (χ4v) is 2.33. The van der Waals surface area contributed by atoms with Crippen molar-refractivity contribution in [1.29, 1.82) is 0 Å². The van der Waals surface area contributed by atoms with Crippen molar-refractivity contribution in [3.63, 3.8) is 0 Å². The summed E-state index contributed by atoms with van der Waals surface area (Å²) in [6.07, 6.45) is 4.34. The molecule has 3 rings (SSSR count). The van der Waals surface area contributed by atoms with Crippen LogP contribution in [0.3, 0.4) is 0 Å². The summed E-state index contributed by atoms with van der Waals surface area (Å²) in [7, 11) is 0. The van der Waals surface area contributed by atoms with Crippen LogP contribution in [-0.4, -0.2) is 28.3 Å².